The molecule has 0 aliphatic carbocycles. The fraction of sp³-hybridized carbons (Fsp3) is 0.538. The number of hydrogen-bond donors (Lipinski definition) is 2. The summed E-state index contributed by atoms with van der Waals surface area (Å²) >= 11 is 0. The van der Waals surface area contributed by atoms with Gasteiger partial charge >= 0.3 is 6.18 Å². The van der Waals surface area contributed by atoms with E-state index in [2.05, 4.69) is 15.4 Å². The molecule has 21 heavy (non-hydrogen) atoms. The van der Waals surface area contributed by atoms with Crippen LogP contribution in [0.4, 0.5) is 19.0 Å². The van der Waals surface area contributed by atoms with E-state index < -0.39 is 17.4 Å². The lowest BCUT2D eigenvalue weighted by atomic mass is 9.93. The molecule has 2 aromatic heterocycles. The third kappa shape index (κ3) is 2.94. The van der Waals surface area contributed by atoms with Gasteiger partial charge in [0.05, 0.1) is 5.54 Å². The van der Waals surface area contributed by atoms with Gasteiger partial charge in [-0.25, -0.2) is 9.50 Å². The second-order valence-corrected chi connectivity index (χ2v) is 4.95. The molecule has 5 nitrogen and oxygen atoms in total. The van der Waals surface area contributed by atoms with Crippen molar-refractivity contribution in [2.24, 2.45) is 5.73 Å². The lowest BCUT2D eigenvalue weighted by molar-refractivity contribution is -0.141. The highest BCUT2D eigenvalue weighted by Gasteiger charge is 2.35. The Morgan fingerprint density at radius 1 is 1.29 bits per heavy atom. The molecule has 0 aromatic carbocycles. The maximum absolute atomic E-state index is 12.8. The van der Waals surface area contributed by atoms with Crippen molar-refractivity contribution in [2.45, 2.75) is 38.4 Å². The van der Waals surface area contributed by atoms with Gasteiger partial charge in [-0.2, -0.15) is 18.3 Å². The molecule has 3 N–H and O–H groups in total. The Kier molecular flexibility index (Phi) is 4.08. The van der Waals surface area contributed by atoms with E-state index in [-0.39, 0.29) is 5.52 Å². The zero-order valence-corrected chi connectivity index (χ0v) is 11.9. The van der Waals surface area contributed by atoms with Crippen LogP contribution in [0.3, 0.4) is 0 Å². The Morgan fingerprint density at radius 3 is 2.48 bits per heavy atom. The third-order valence-corrected chi connectivity index (χ3v) is 3.81. The minimum Gasteiger partial charge on any atom is -0.362 e. The van der Waals surface area contributed by atoms with E-state index in [9.17, 15) is 13.2 Å². The van der Waals surface area contributed by atoms with Crippen LogP contribution in [-0.4, -0.2) is 26.7 Å². The summed E-state index contributed by atoms with van der Waals surface area (Å²) in [6, 6.07) is 0.988. The van der Waals surface area contributed by atoms with Crippen molar-refractivity contribution in [3.8, 4) is 0 Å². The molecule has 0 fully saturated rings. The van der Waals surface area contributed by atoms with Gasteiger partial charge in [0.15, 0.2) is 11.5 Å². The van der Waals surface area contributed by atoms with Gasteiger partial charge in [-0.05, 0) is 12.8 Å². The number of rotatable bonds is 5. The van der Waals surface area contributed by atoms with Crippen molar-refractivity contribution >= 4 is 11.3 Å². The molecular formula is C13H18F3N5. The first kappa shape index (κ1) is 15.6. The second-order valence-electron chi connectivity index (χ2n) is 4.95. The number of nitrogens with two attached hydrogens (primary N) is 1. The standard InChI is InChI=1S/C13H18F3N5/c1-3-12(4-2,8-17)19-11-9-7-10(13(14,15)16)20-21(9)6-5-18-11/h5-7H,3-4,8,17H2,1-2H3,(H,18,19). The molecule has 0 amide bonds. The Balaban J connectivity index is 2.47. The minimum absolute atomic E-state index is 0.282. The van der Waals surface area contributed by atoms with Crippen LogP contribution in [0.5, 0.6) is 0 Å². The number of alkyl halides is 3. The first-order valence-corrected chi connectivity index (χ1v) is 6.75. The van der Waals surface area contributed by atoms with Crippen LogP contribution in [0.1, 0.15) is 32.4 Å². The number of nitrogens with zero attached hydrogens (tertiary/aromatic N) is 3. The molecule has 0 aliphatic heterocycles. The highest BCUT2D eigenvalue weighted by atomic mass is 19.4. The van der Waals surface area contributed by atoms with Crippen LogP contribution in [0.15, 0.2) is 18.5 Å². The topological polar surface area (TPSA) is 68.2 Å². The first-order chi connectivity index (χ1) is 9.85. The molecule has 0 unspecified atom stereocenters. The van der Waals surface area contributed by atoms with E-state index in [1.165, 1.54) is 16.9 Å². The molecule has 2 rings (SSSR count). The van der Waals surface area contributed by atoms with Crippen LogP contribution in [0.2, 0.25) is 0 Å². The molecule has 0 radical (unpaired) electrons. The molecule has 0 bridgehead atoms. The summed E-state index contributed by atoms with van der Waals surface area (Å²) in [6.45, 7) is 4.31. The van der Waals surface area contributed by atoms with Crippen molar-refractivity contribution in [1.82, 2.24) is 14.6 Å². The summed E-state index contributed by atoms with van der Waals surface area (Å²) in [5, 5.41) is 6.72. The lowest BCUT2D eigenvalue weighted by Gasteiger charge is -2.32. The SMILES string of the molecule is CCC(CC)(CN)Nc1nccn2nc(C(F)(F)F)cc12. The van der Waals surface area contributed by atoms with Gasteiger partial charge in [0.25, 0.3) is 0 Å². The summed E-state index contributed by atoms with van der Waals surface area (Å²) in [6.07, 6.45) is -0.206. The summed E-state index contributed by atoms with van der Waals surface area (Å²) in [7, 11) is 0. The lowest BCUT2D eigenvalue weighted by Crippen LogP contribution is -2.44. The third-order valence-electron chi connectivity index (χ3n) is 3.81. The van der Waals surface area contributed by atoms with Crippen molar-refractivity contribution < 1.29 is 13.2 Å². The van der Waals surface area contributed by atoms with E-state index >= 15 is 0 Å². The normalized spacial score (nSPS) is 12.9. The fourth-order valence-electron chi connectivity index (χ4n) is 2.17. The van der Waals surface area contributed by atoms with Gasteiger partial charge in [-0.15, -0.1) is 0 Å². The van der Waals surface area contributed by atoms with Crippen LogP contribution < -0.4 is 11.1 Å². The molecule has 2 heterocycles. The Hall–Kier alpha value is -1.83. The molecular weight excluding hydrogens is 283 g/mol. The Labute approximate surface area is 120 Å². The van der Waals surface area contributed by atoms with Crippen LogP contribution in [0, 0.1) is 0 Å². The highest BCUT2D eigenvalue weighted by Crippen LogP contribution is 2.31. The minimum atomic E-state index is -4.48. The maximum Gasteiger partial charge on any atom is 0.435 e. The molecule has 0 saturated heterocycles. The average Bonchev–Trinajstić information content (AvgIpc) is 2.90. The molecule has 0 saturated carbocycles. The zero-order chi connectivity index (χ0) is 15.7. The maximum atomic E-state index is 12.8. The first-order valence-electron chi connectivity index (χ1n) is 6.75. The van der Waals surface area contributed by atoms with Crippen molar-refractivity contribution in [3.05, 3.63) is 24.2 Å². The monoisotopic (exact) mass is 301 g/mol. The van der Waals surface area contributed by atoms with Gasteiger partial charge in [0, 0.05) is 25.0 Å². The second kappa shape index (κ2) is 5.51. The average molecular weight is 301 g/mol. The largest absolute Gasteiger partial charge is 0.435 e. The van der Waals surface area contributed by atoms with Gasteiger partial charge in [-0.3, -0.25) is 0 Å². The zero-order valence-electron chi connectivity index (χ0n) is 11.9. The van der Waals surface area contributed by atoms with E-state index in [1.54, 1.807) is 0 Å². The van der Waals surface area contributed by atoms with E-state index in [4.69, 9.17) is 5.73 Å². The van der Waals surface area contributed by atoms with Crippen LogP contribution in [-0.2, 0) is 6.18 Å². The number of nitrogens with one attached hydrogen (secondary N) is 1. The van der Waals surface area contributed by atoms with Gasteiger partial charge in [-0.1, -0.05) is 13.8 Å². The summed E-state index contributed by atoms with van der Waals surface area (Å²) in [5.74, 6) is 0.356. The van der Waals surface area contributed by atoms with Crippen LogP contribution >= 0.6 is 0 Å². The Morgan fingerprint density at radius 2 is 1.95 bits per heavy atom. The predicted molar refractivity (Wildman–Crippen MR) is 74.0 cm³/mol. The molecule has 2 aromatic rings. The molecule has 0 atom stereocenters. The number of hydrogen-bond acceptors (Lipinski definition) is 4. The number of fused-ring (bicyclic) bond motifs is 1. The Bertz CT molecular complexity index is 608. The van der Waals surface area contributed by atoms with Gasteiger partial charge in [0.2, 0.25) is 0 Å². The van der Waals surface area contributed by atoms with Crippen molar-refractivity contribution in [3.63, 3.8) is 0 Å². The van der Waals surface area contributed by atoms with E-state index in [0.29, 0.717) is 12.4 Å². The predicted octanol–water partition coefficient (Wildman–Crippen LogP) is 2.68. The summed E-state index contributed by atoms with van der Waals surface area (Å²) in [4.78, 5) is 4.14. The smallest absolute Gasteiger partial charge is 0.362 e. The van der Waals surface area contributed by atoms with E-state index in [1.807, 2.05) is 13.8 Å². The van der Waals surface area contributed by atoms with Crippen LogP contribution in [0.25, 0.3) is 5.52 Å². The van der Waals surface area contributed by atoms with Crippen molar-refractivity contribution in [1.29, 1.82) is 0 Å². The molecule has 116 valence electrons. The quantitative estimate of drug-likeness (QED) is 0.891. The summed E-state index contributed by atoms with van der Waals surface area (Å²) < 4.78 is 39.4. The van der Waals surface area contributed by atoms with E-state index in [0.717, 1.165) is 18.9 Å². The molecule has 0 spiro atoms. The summed E-state index contributed by atoms with van der Waals surface area (Å²) in [5.41, 5.74) is 4.75. The number of halogens is 3. The molecule has 8 heteroatoms. The molecule has 0 aliphatic rings. The van der Waals surface area contributed by atoms with Gasteiger partial charge in [0.1, 0.15) is 5.52 Å². The fourth-order valence-corrected chi connectivity index (χ4v) is 2.17. The number of aromatic nitrogens is 3. The van der Waals surface area contributed by atoms with Crippen molar-refractivity contribution in [2.75, 3.05) is 11.9 Å². The highest BCUT2D eigenvalue weighted by molar-refractivity contribution is 5.68. The number of anilines is 1. The van der Waals surface area contributed by atoms with Gasteiger partial charge < -0.3 is 11.1 Å².